The Hall–Kier alpha value is -3.05. The number of para-hydroxylation sites is 1. The van der Waals surface area contributed by atoms with Gasteiger partial charge in [-0.1, -0.05) is 47.5 Å². The number of hydrogen-bond donors (Lipinski definition) is 0. The van der Waals surface area contributed by atoms with E-state index in [0.29, 0.717) is 16.1 Å². The molecule has 0 amide bonds. The SMILES string of the molecule is Cc1ccc(S(=O)(=O)n2c3ccc(C)cc3c3c4ccccc4n(C)c32)cc1. The summed E-state index contributed by atoms with van der Waals surface area (Å²) in [6.45, 7) is 3.98. The zero-order valence-electron chi connectivity index (χ0n) is 16.0. The zero-order valence-corrected chi connectivity index (χ0v) is 16.8. The van der Waals surface area contributed by atoms with E-state index >= 15 is 0 Å². The molecule has 0 aliphatic carbocycles. The van der Waals surface area contributed by atoms with E-state index in [0.717, 1.165) is 32.8 Å². The third-order valence-corrected chi connectivity index (χ3v) is 7.19. The maximum atomic E-state index is 13.7. The number of aryl methyl sites for hydroxylation is 3. The van der Waals surface area contributed by atoms with E-state index in [4.69, 9.17) is 0 Å². The Morgan fingerprint density at radius 3 is 2.18 bits per heavy atom. The molecular weight excluding hydrogens is 368 g/mol. The van der Waals surface area contributed by atoms with Crippen LogP contribution in [0.15, 0.2) is 71.6 Å². The molecule has 0 saturated carbocycles. The summed E-state index contributed by atoms with van der Waals surface area (Å²) in [6, 6.07) is 21.0. The van der Waals surface area contributed by atoms with Crippen molar-refractivity contribution in [3.8, 4) is 0 Å². The summed E-state index contributed by atoms with van der Waals surface area (Å²) >= 11 is 0. The van der Waals surface area contributed by atoms with Crippen molar-refractivity contribution in [1.29, 1.82) is 0 Å². The first kappa shape index (κ1) is 17.1. The number of aromatic nitrogens is 2. The van der Waals surface area contributed by atoms with Gasteiger partial charge in [-0.15, -0.1) is 0 Å². The number of rotatable bonds is 2. The van der Waals surface area contributed by atoms with Gasteiger partial charge in [0.25, 0.3) is 10.0 Å². The van der Waals surface area contributed by atoms with Gasteiger partial charge in [0, 0.05) is 23.2 Å². The highest BCUT2D eigenvalue weighted by atomic mass is 32.2. The molecule has 0 atom stereocenters. The molecule has 5 aromatic rings. The van der Waals surface area contributed by atoms with Crippen LogP contribution in [0.2, 0.25) is 0 Å². The van der Waals surface area contributed by atoms with Gasteiger partial charge in [-0.3, -0.25) is 0 Å². The summed E-state index contributed by atoms with van der Waals surface area (Å²) in [5.41, 5.74) is 4.55. The van der Waals surface area contributed by atoms with Gasteiger partial charge in [0.15, 0.2) is 0 Å². The molecule has 4 nitrogen and oxygen atoms in total. The molecule has 0 N–H and O–H groups in total. The minimum Gasteiger partial charge on any atom is -0.329 e. The van der Waals surface area contributed by atoms with Gasteiger partial charge in [0.2, 0.25) is 0 Å². The van der Waals surface area contributed by atoms with Crippen LogP contribution in [0.3, 0.4) is 0 Å². The fraction of sp³-hybridized carbons (Fsp3) is 0.130. The predicted molar refractivity (Wildman–Crippen MR) is 114 cm³/mol. The van der Waals surface area contributed by atoms with Crippen molar-refractivity contribution in [2.24, 2.45) is 7.05 Å². The van der Waals surface area contributed by atoms with Crippen molar-refractivity contribution in [3.63, 3.8) is 0 Å². The summed E-state index contributed by atoms with van der Waals surface area (Å²) in [6.07, 6.45) is 0. The van der Waals surface area contributed by atoms with Gasteiger partial charge in [0.1, 0.15) is 5.65 Å². The summed E-state index contributed by atoms with van der Waals surface area (Å²) in [5.74, 6) is 0. The molecule has 0 aliphatic heterocycles. The molecule has 3 aromatic carbocycles. The van der Waals surface area contributed by atoms with Crippen molar-refractivity contribution in [1.82, 2.24) is 8.54 Å². The minimum absolute atomic E-state index is 0.294. The highest BCUT2D eigenvalue weighted by Crippen LogP contribution is 2.39. The first-order valence-corrected chi connectivity index (χ1v) is 10.6. The van der Waals surface area contributed by atoms with Crippen LogP contribution in [-0.4, -0.2) is 17.0 Å². The largest absolute Gasteiger partial charge is 0.329 e. The summed E-state index contributed by atoms with van der Waals surface area (Å²) in [4.78, 5) is 0.294. The van der Waals surface area contributed by atoms with Crippen LogP contribution < -0.4 is 0 Å². The summed E-state index contributed by atoms with van der Waals surface area (Å²) in [5, 5.41) is 3.00. The van der Waals surface area contributed by atoms with Crippen molar-refractivity contribution < 1.29 is 8.42 Å². The highest BCUT2D eigenvalue weighted by Gasteiger charge is 2.27. The van der Waals surface area contributed by atoms with Crippen LogP contribution in [0, 0.1) is 13.8 Å². The topological polar surface area (TPSA) is 44.0 Å². The second kappa shape index (κ2) is 5.72. The van der Waals surface area contributed by atoms with E-state index in [1.807, 2.05) is 67.9 Å². The summed E-state index contributed by atoms with van der Waals surface area (Å²) < 4.78 is 30.9. The van der Waals surface area contributed by atoms with Crippen LogP contribution >= 0.6 is 0 Å². The van der Waals surface area contributed by atoms with Gasteiger partial charge in [-0.05, 0) is 44.2 Å². The lowest BCUT2D eigenvalue weighted by molar-refractivity contribution is 0.589. The fourth-order valence-corrected chi connectivity index (χ4v) is 5.63. The van der Waals surface area contributed by atoms with Crippen LogP contribution in [0.4, 0.5) is 0 Å². The number of nitrogens with zero attached hydrogens (tertiary/aromatic N) is 2. The molecular formula is C23H20N2O2S. The van der Waals surface area contributed by atoms with Crippen molar-refractivity contribution >= 4 is 42.9 Å². The van der Waals surface area contributed by atoms with Gasteiger partial charge < -0.3 is 4.57 Å². The van der Waals surface area contributed by atoms with E-state index < -0.39 is 10.0 Å². The van der Waals surface area contributed by atoms with Gasteiger partial charge >= 0.3 is 0 Å². The third-order valence-electron chi connectivity index (χ3n) is 5.47. The highest BCUT2D eigenvalue weighted by molar-refractivity contribution is 7.90. The predicted octanol–water partition coefficient (Wildman–Crippen LogP) is 5.14. The standard InChI is InChI=1S/C23H20N2O2S/c1-15-8-11-17(12-9-15)28(26,27)25-21-13-10-16(2)14-19(21)22-18-6-4-5-7-20(18)24(3)23(22)25/h4-14H,1-3H3. The monoisotopic (exact) mass is 388 g/mol. The second-order valence-electron chi connectivity index (χ2n) is 7.38. The molecule has 2 heterocycles. The molecule has 0 unspecified atom stereocenters. The van der Waals surface area contributed by atoms with E-state index in [1.165, 1.54) is 3.97 Å². The quantitative estimate of drug-likeness (QED) is 0.420. The van der Waals surface area contributed by atoms with Gasteiger partial charge in [-0.2, -0.15) is 0 Å². The van der Waals surface area contributed by atoms with E-state index in [9.17, 15) is 8.42 Å². The lowest BCUT2D eigenvalue weighted by Gasteiger charge is -2.11. The molecule has 5 heteroatoms. The van der Waals surface area contributed by atoms with Crippen LogP contribution in [0.25, 0.3) is 32.8 Å². The van der Waals surface area contributed by atoms with Crippen LogP contribution in [0.1, 0.15) is 11.1 Å². The van der Waals surface area contributed by atoms with Crippen molar-refractivity contribution in [2.75, 3.05) is 0 Å². The van der Waals surface area contributed by atoms with Crippen molar-refractivity contribution in [3.05, 3.63) is 77.9 Å². The molecule has 0 aliphatic rings. The second-order valence-corrected chi connectivity index (χ2v) is 9.16. The Labute approximate surface area is 163 Å². The number of benzene rings is 3. The number of hydrogen-bond acceptors (Lipinski definition) is 2. The molecule has 0 radical (unpaired) electrons. The lowest BCUT2D eigenvalue weighted by atomic mass is 10.1. The Bertz CT molecular complexity index is 1490. The summed E-state index contributed by atoms with van der Waals surface area (Å²) in [7, 11) is -1.82. The molecule has 5 rings (SSSR count). The molecule has 0 spiro atoms. The minimum atomic E-state index is -3.75. The number of fused-ring (bicyclic) bond motifs is 5. The van der Waals surface area contributed by atoms with E-state index in [2.05, 4.69) is 12.1 Å². The molecule has 0 saturated heterocycles. The third kappa shape index (κ3) is 2.20. The van der Waals surface area contributed by atoms with E-state index in [1.54, 1.807) is 12.1 Å². The lowest BCUT2D eigenvalue weighted by Crippen LogP contribution is -2.14. The Balaban J connectivity index is 2.02. The Kier molecular flexibility index (Phi) is 3.49. The first-order chi connectivity index (χ1) is 13.4. The molecule has 28 heavy (non-hydrogen) atoms. The molecule has 0 bridgehead atoms. The zero-order chi connectivity index (χ0) is 19.6. The van der Waals surface area contributed by atoms with Gasteiger partial charge in [-0.25, -0.2) is 12.4 Å². The fourth-order valence-electron chi connectivity index (χ4n) is 4.08. The van der Waals surface area contributed by atoms with Crippen LogP contribution in [-0.2, 0) is 17.1 Å². The Morgan fingerprint density at radius 1 is 0.750 bits per heavy atom. The molecule has 2 aromatic heterocycles. The normalized spacial score (nSPS) is 12.4. The maximum Gasteiger partial charge on any atom is 0.269 e. The maximum absolute atomic E-state index is 13.7. The smallest absolute Gasteiger partial charge is 0.269 e. The first-order valence-electron chi connectivity index (χ1n) is 9.20. The average molecular weight is 388 g/mol. The van der Waals surface area contributed by atoms with E-state index in [-0.39, 0.29) is 0 Å². The average Bonchev–Trinajstić information content (AvgIpc) is 3.16. The van der Waals surface area contributed by atoms with Crippen molar-refractivity contribution in [2.45, 2.75) is 18.7 Å². The molecule has 140 valence electrons. The Morgan fingerprint density at radius 2 is 1.43 bits per heavy atom. The van der Waals surface area contributed by atoms with Gasteiger partial charge in [0.05, 0.1) is 15.9 Å². The van der Waals surface area contributed by atoms with Crippen LogP contribution in [0.5, 0.6) is 0 Å². The molecule has 0 fully saturated rings.